The molecule has 0 fully saturated rings. The maximum absolute atomic E-state index is 13.3. The van der Waals surface area contributed by atoms with Gasteiger partial charge in [-0.3, -0.25) is 14.4 Å². The summed E-state index contributed by atoms with van der Waals surface area (Å²) < 4.78 is 0. The fourth-order valence-corrected chi connectivity index (χ4v) is 5.01. The van der Waals surface area contributed by atoms with Crippen LogP contribution in [0.1, 0.15) is 41.3 Å². The van der Waals surface area contributed by atoms with E-state index in [2.05, 4.69) is 5.16 Å². The van der Waals surface area contributed by atoms with Crippen molar-refractivity contribution < 1.29 is 40.0 Å². The molecule has 0 spiro atoms. The van der Waals surface area contributed by atoms with Gasteiger partial charge in [0.1, 0.15) is 22.8 Å². The zero-order valence-electron chi connectivity index (χ0n) is 16.4. The molecule has 3 atom stereocenters. The molecule has 1 amide bonds. The molecule has 1 aromatic rings. The largest absolute Gasteiger partial charge is 0.511 e. The molecule has 10 heteroatoms. The van der Waals surface area contributed by atoms with Gasteiger partial charge in [-0.05, 0) is 43.4 Å². The van der Waals surface area contributed by atoms with Gasteiger partial charge in [-0.2, -0.15) is 0 Å². The number of phenols is 1. The number of aliphatic hydroxyl groups is 3. The quantitative estimate of drug-likeness (QED) is 0.172. The minimum Gasteiger partial charge on any atom is -0.511 e. The molecule has 0 bridgehead atoms. The van der Waals surface area contributed by atoms with Crippen molar-refractivity contribution in [3.05, 3.63) is 51.5 Å². The third-order valence-electron chi connectivity index (χ3n) is 6.49. The summed E-state index contributed by atoms with van der Waals surface area (Å²) in [6.07, 6.45) is -0.113. The standard InChI is InChI=1S/C21H20N2O8/c1-7(23-31)10-2-3-12(24)15-11(10)5-8-4-9-6-13(25)16(20(22)29)19(28)21(9,30)18(27)14(8)17(15)26/h2-3,8-9,24-25,27,30-31H,4-6H2,1H3,(H2,22,29)/b23-7-/t8-,9?,21+/m1/s1. The lowest BCUT2D eigenvalue weighted by Crippen LogP contribution is -2.57. The van der Waals surface area contributed by atoms with E-state index in [-0.39, 0.29) is 41.9 Å². The first-order chi connectivity index (χ1) is 14.5. The molecule has 10 nitrogen and oxygen atoms in total. The zero-order valence-corrected chi connectivity index (χ0v) is 16.4. The second-order valence-corrected chi connectivity index (χ2v) is 8.08. The number of Topliss-reactive ketones (excluding diaryl/α,β-unsaturated/α-hetero) is 2. The van der Waals surface area contributed by atoms with E-state index < -0.39 is 52.0 Å². The summed E-state index contributed by atoms with van der Waals surface area (Å²) in [6.45, 7) is 1.52. The molecule has 31 heavy (non-hydrogen) atoms. The van der Waals surface area contributed by atoms with E-state index in [0.717, 1.165) is 0 Å². The lowest BCUT2D eigenvalue weighted by Gasteiger charge is -2.45. The van der Waals surface area contributed by atoms with E-state index in [9.17, 15) is 34.8 Å². The number of hydrogen-bond donors (Lipinski definition) is 6. The van der Waals surface area contributed by atoms with Crippen molar-refractivity contribution in [2.45, 2.75) is 31.8 Å². The number of carbonyl (C=O) groups excluding carboxylic acids is 3. The highest BCUT2D eigenvalue weighted by molar-refractivity contribution is 6.24. The molecule has 162 valence electrons. The summed E-state index contributed by atoms with van der Waals surface area (Å²) in [5, 5.41) is 54.8. The number of aliphatic hydroxyl groups excluding tert-OH is 2. The Morgan fingerprint density at radius 1 is 1.19 bits per heavy atom. The topological polar surface area (TPSA) is 191 Å². The number of amides is 1. The summed E-state index contributed by atoms with van der Waals surface area (Å²) in [5.41, 5.74) is 2.44. The number of benzene rings is 1. The Hall–Kier alpha value is -3.66. The van der Waals surface area contributed by atoms with Gasteiger partial charge in [0.25, 0.3) is 5.91 Å². The number of ketones is 2. The van der Waals surface area contributed by atoms with Crippen LogP contribution in [0.15, 0.2) is 40.0 Å². The van der Waals surface area contributed by atoms with Crippen molar-refractivity contribution in [3.63, 3.8) is 0 Å². The molecule has 3 aliphatic rings. The van der Waals surface area contributed by atoms with E-state index in [1.165, 1.54) is 19.1 Å². The molecule has 1 unspecified atom stereocenters. The van der Waals surface area contributed by atoms with E-state index in [4.69, 9.17) is 10.9 Å². The lowest BCUT2D eigenvalue weighted by atomic mass is 9.60. The van der Waals surface area contributed by atoms with Crippen LogP contribution in [0.3, 0.4) is 0 Å². The lowest BCUT2D eigenvalue weighted by molar-refractivity contribution is -0.144. The van der Waals surface area contributed by atoms with Gasteiger partial charge in [-0.15, -0.1) is 0 Å². The molecule has 1 aromatic carbocycles. The molecule has 0 heterocycles. The first-order valence-electron chi connectivity index (χ1n) is 9.55. The number of allylic oxidation sites excluding steroid dienone is 2. The second-order valence-electron chi connectivity index (χ2n) is 8.08. The number of nitrogens with zero attached hydrogens (tertiary/aromatic N) is 1. The van der Waals surface area contributed by atoms with Gasteiger partial charge in [-0.25, -0.2) is 0 Å². The summed E-state index contributed by atoms with van der Waals surface area (Å²) in [7, 11) is 0. The summed E-state index contributed by atoms with van der Waals surface area (Å²) in [4.78, 5) is 37.8. The fraction of sp³-hybridized carbons (Fsp3) is 0.333. The summed E-state index contributed by atoms with van der Waals surface area (Å²) in [5.74, 6) is -6.80. The first-order valence-corrected chi connectivity index (χ1v) is 9.55. The third kappa shape index (κ3) is 2.61. The van der Waals surface area contributed by atoms with Crippen LogP contribution >= 0.6 is 0 Å². The van der Waals surface area contributed by atoms with Crippen molar-refractivity contribution >= 4 is 23.2 Å². The molecule has 0 saturated heterocycles. The van der Waals surface area contributed by atoms with Gasteiger partial charge in [-0.1, -0.05) is 5.16 Å². The highest BCUT2D eigenvalue weighted by Gasteiger charge is 2.59. The van der Waals surface area contributed by atoms with Crippen LogP contribution in [0.2, 0.25) is 0 Å². The van der Waals surface area contributed by atoms with Crippen LogP contribution < -0.4 is 5.73 Å². The minimum absolute atomic E-state index is 0.0350. The number of oxime groups is 1. The van der Waals surface area contributed by atoms with Crippen LogP contribution in [-0.4, -0.2) is 54.4 Å². The highest BCUT2D eigenvalue weighted by atomic mass is 16.4. The van der Waals surface area contributed by atoms with Crippen LogP contribution in [0.25, 0.3) is 0 Å². The number of carbonyl (C=O) groups is 3. The van der Waals surface area contributed by atoms with Crippen LogP contribution in [0, 0.1) is 11.8 Å². The monoisotopic (exact) mass is 428 g/mol. The van der Waals surface area contributed by atoms with Crippen molar-refractivity contribution in [2.24, 2.45) is 22.7 Å². The van der Waals surface area contributed by atoms with Gasteiger partial charge in [0.15, 0.2) is 11.4 Å². The smallest absolute Gasteiger partial charge is 0.255 e. The molecule has 0 radical (unpaired) electrons. The van der Waals surface area contributed by atoms with Crippen molar-refractivity contribution in [2.75, 3.05) is 0 Å². The summed E-state index contributed by atoms with van der Waals surface area (Å²) >= 11 is 0. The average Bonchev–Trinajstić information content (AvgIpc) is 2.70. The van der Waals surface area contributed by atoms with Crippen molar-refractivity contribution in [3.8, 4) is 5.75 Å². The number of fused-ring (bicyclic) bond motifs is 3. The third-order valence-corrected chi connectivity index (χ3v) is 6.49. The van der Waals surface area contributed by atoms with Gasteiger partial charge in [0.2, 0.25) is 5.78 Å². The normalized spacial score (nSPS) is 28.3. The molecule has 4 rings (SSSR count). The number of aromatic hydroxyl groups is 1. The summed E-state index contributed by atoms with van der Waals surface area (Å²) in [6, 6.07) is 2.75. The molecule has 0 aliphatic heterocycles. The predicted octanol–water partition coefficient (Wildman–Crippen LogP) is 0.779. The fourth-order valence-electron chi connectivity index (χ4n) is 5.01. The molecule has 0 aromatic heterocycles. The molecular weight excluding hydrogens is 408 g/mol. The maximum Gasteiger partial charge on any atom is 0.255 e. The Balaban J connectivity index is 1.93. The van der Waals surface area contributed by atoms with Gasteiger partial charge >= 0.3 is 0 Å². The highest BCUT2D eigenvalue weighted by Crippen LogP contribution is 2.51. The van der Waals surface area contributed by atoms with Gasteiger partial charge < -0.3 is 31.4 Å². The molecule has 7 N–H and O–H groups in total. The second kappa shape index (κ2) is 6.67. The van der Waals surface area contributed by atoms with Crippen molar-refractivity contribution in [1.29, 1.82) is 0 Å². The van der Waals surface area contributed by atoms with Gasteiger partial charge in [0, 0.05) is 23.5 Å². The SMILES string of the molecule is C/C(=N/O)c1ccc(O)c2c1C[C@H]1CC3CC(O)=C(C(N)=O)C(=O)[C@@]3(O)C(O)=C1C2=O. The Morgan fingerprint density at radius 3 is 2.48 bits per heavy atom. The number of hydrogen-bond acceptors (Lipinski definition) is 9. The first kappa shape index (κ1) is 20.6. The number of primary amides is 1. The number of rotatable bonds is 2. The Bertz CT molecular complexity index is 1160. The molecule has 3 aliphatic carbocycles. The van der Waals surface area contributed by atoms with E-state index in [1.807, 2.05) is 0 Å². The van der Waals surface area contributed by atoms with Crippen LogP contribution in [-0.2, 0) is 16.0 Å². The Kier molecular flexibility index (Phi) is 4.44. The zero-order chi connectivity index (χ0) is 22.8. The predicted molar refractivity (Wildman–Crippen MR) is 105 cm³/mol. The average molecular weight is 428 g/mol. The van der Waals surface area contributed by atoms with Crippen LogP contribution in [0.4, 0.5) is 0 Å². The van der Waals surface area contributed by atoms with E-state index in [0.29, 0.717) is 11.1 Å². The Morgan fingerprint density at radius 2 is 1.87 bits per heavy atom. The number of phenolic OH excluding ortho intramolecular Hbond substituents is 1. The maximum atomic E-state index is 13.3. The molecule has 0 saturated carbocycles. The molecular formula is C21H20N2O8. The number of nitrogens with two attached hydrogens (primary N) is 1. The van der Waals surface area contributed by atoms with E-state index in [1.54, 1.807) is 0 Å². The minimum atomic E-state index is -2.59. The van der Waals surface area contributed by atoms with Crippen molar-refractivity contribution in [1.82, 2.24) is 0 Å². The van der Waals surface area contributed by atoms with E-state index >= 15 is 0 Å². The van der Waals surface area contributed by atoms with Gasteiger partial charge in [0.05, 0.1) is 11.3 Å². The van der Waals surface area contributed by atoms with Crippen LogP contribution in [0.5, 0.6) is 5.75 Å². The Labute approximate surface area is 175 Å².